The lowest BCUT2D eigenvalue weighted by atomic mass is 9.95. The third-order valence-corrected chi connectivity index (χ3v) is 6.45. The van der Waals surface area contributed by atoms with Crippen LogP contribution in [0.4, 0.5) is 4.39 Å². The van der Waals surface area contributed by atoms with Crippen LogP contribution in [0.15, 0.2) is 48.5 Å². The first-order valence-electron chi connectivity index (χ1n) is 9.52. The Morgan fingerprint density at radius 1 is 1.26 bits per heavy atom. The van der Waals surface area contributed by atoms with Gasteiger partial charge in [-0.15, -0.1) is 11.3 Å². The van der Waals surface area contributed by atoms with Gasteiger partial charge in [0.05, 0.1) is 16.3 Å². The Kier molecular flexibility index (Phi) is 5.21. The van der Waals surface area contributed by atoms with Gasteiger partial charge in [-0.3, -0.25) is 4.79 Å². The number of amides is 1. The number of hydrogen-bond acceptors (Lipinski definition) is 3. The first-order valence-corrected chi connectivity index (χ1v) is 10.3. The summed E-state index contributed by atoms with van der Waals surface area (Å²) in [7, 11) is 0. The number of likely N-dealkylation sites (tertiary alicyclic amines) is 1. The lowest BCUT2D eigenvalue weighted by Crippen LogP contribution is -2.38. The van der Waals surface area contributed by atoms with E-state index in [0.29, 0.717) is 6.42 Å². The second-order valence-electron chi connectivity index (χ2n) is 7.28. The van der Waals surface area contributed by atoms with Gasteiger partial charge in [-0.2, -0.15) is 0 Å². The van der Waals surface area contributed by atoms with Crippen LogP contribution in [0.25, 0.3) is 10.2 Å². The number of fused-ring (bicyclic) bond motifs is 1. The van der Waals surface area contributed by atoms with Gasteiger partial charge in [-0.25, -0.2) is 9.37 Å². The molecular formula is C22H23FN2OS. The van der Waals surface area contributed by atoms with E-state index < -0.39 is 0 Å². The number of carbonyl (C=O) groups excluding carboxylic acids is 1. The molecule has 140 valence electrons. The number of hydrogen-bond donors (Lipinski definition) is 0. The Morgan fingerprint density at radius 3 is 2.93 bits per heavy atom. The Morgan fingerprint density at radius 2 is 2.11 bits per heavy atom. The molecule has 27 heavy (non-hydrogen) atoms. The van der Waals surface area contributed by atoms with Gasteiger partial charge >= 0.3 is 0 Å². The average molecular weight is 383 g/mol. The Labute approximate surface area is 162 Å². The van der Waals surface area contributed by atoms with Crippen LogP contribution in [0, 0.1) is 5.82 Å². The Balaban J connectivity index is 1.53. The molecule has 5 heteroatoms. The zero-order valence-electron chi connectivity index (χ0n) is 15.4. The molecule has 1 fully saturated rings. The molecule has 2 heterocycles. The van der Waals surface area contributed by atoms with E-state index in [1.54, 1.807) is 17.4 Å². The van der Waals surface area contributed by atoms with Crippen molar-refractivity contribution in [3.05, 3.63) is 64.9 Å². The van der Waals surface area contributed by atoms with Crippen molar-refractivity contribution in [2.75, 3.05) is 6.54 Å². The van der Waals surface area contributed by atoms with Gasteiger partial charge < -0.3 is 4.90 Å². The fourth-order valence-corrected chi connectivity index (χ4v) is 4.94. The summed E-state index contributed by atoms with van der Waals surface area (Å²) in [5.41, 5.74) is 1.88. The third-order valence-electron chi connectivity index (χ3n) is 5.32. The number of benzene rings is 2. The number of thiazole rings is 1. The van der Waals surface area contributed by atoms with Gasteiger partial charge in [-0.1, -0.05) is 31.2 Å². The molecule has 1 saturated heterocycles. The molecule has 1 aromatic heterocycles. The highest BCUT2D eigenvalue weighted by Gasteiger charge is 2.31. The van der Waals surface area contributed by atoms with E-state index in [-0.39, 0.29) is 23.7 Å². The first kappa shape index (κ1) is 18.1. The predicted molar refractivity (Wildman–Crippen MR) is 107 cm³/mol. The zero-order valence-corrected chi connectivity index (χ0v) is 16.2. The lowest BCUT2D eigenvalue weighted by Gasteiger charge is -2.35. The summed E-state index contributed by atoms with van der Waals surface area (Å²) in [5.74, 6) is -0.126. The molecule has 1 aliphatic rings. The molecule has 0 N–H and O–H groups in total. The standard InChI is InChI=1S/C22H23FN2OS/c1-15(16-7-6-8-17(23)14-16)13-21(26)25-12-5-4-10-19(25)22-24-18-9-2-3-11-20(18)27-22/h2-3,6-9,11,14-15,19H,4-5,10,12-13H2,1H3. The Hall–Kier alpha value is -2.27. The van der Waals surface area contributed by atoms with Gasteiger partial charge in [-0.05, 0) is 55.0 Å². The summed E-state index contributed by atoms with van der Waals surface area (Å²) in [6, 6.07) is 14.7. The number of aromatic nitrogens is 1. The van der Waals surface area contributed by atoms with Crippen LogP contribution in [0.1, 0.15) is 55.1 Å². The summed E-state index contributed by atoms with van der Waals surface area (Å²) >= 11 is 1.69. The van der Waals surface area contributed by atoms with Gasteiger partial charge in [0.25, 0.3) is 0 Å². The van der Waals surface area contributed by atoms with Gasteiger partial charge in [0.2, 0.25) is 5.91 Å². The normalized spacial score (nSPS) is 18.6. The van der Waals surface area contributed by atoms with Crippen molar-refractivity contribution in [1.29, 1.82) is 0 Å². The smallest absolute Gasteiger partial charge is 0.223 e. The van der Waals surface area contributed by atoms with Crippen LogP contribution in [-0.2, 0) is 4.79 Å². The van der Waals surface area contributed by atoms with E-state index in [1.165, 1.54) is 16.8 Å². The van der Waals surface area contributed by atoms with E-state index in [4.69, 9.17) is 4.98 Å². The summed E-state index contributed by atoms with van der Waals surface area (Å²) in [5, 5.41) is 1.03. The summed E-state index contributed by atoms with van der Waals surface area (Å²) in [6.07, 6.45) is 3.50. The van der Waals surface area contributed by atoms with Crippen LogP contribution < -0.4 is 0 Å². The second-order valence-corrected chi connectivity index (χ2v) is 8.34. The van der Waals surface area contributed by atoms with Gasteiger partial charge in [0, 0.05) is 13.0 Å². The van der Waals surface area contributed by atoms with Crippen LogP contribution in [0.3, 0.4) is 0 Å². The molecule has 2 aromatic carbocycles. The number of piperidine rings is 1. The molecule has 0 radical (unpaired) electrons. The molecule has 0 saturated carbocycles. The molecular weight excluding hydrogens is 359 g/mol. The van der Waals surface area contributed by atoms with E-state index >= 15 is 0 Å². The minimum absolute atomic E-state index is 0.00820. The van der Waals surface area contributed by atoms with Crippen molar-refractivity contribution in [1.82, 2.24) is 9.88 Å². The highest BCUT2D eigenvalue weighted by Crippen LogP contribution is 2.36. The number of halogens is 1. The molecule has 3 nitrogen and oxygen atoms in total. The number of para-hydroxylation sites is 1. The van der Waals surface area contributed by atoms with Crippen molar-refractivity contribution < 1.29 is 9.18 Å². The average Bonchev–Trinajstić information content (AvgIpc) is 3.12. The number of nitrogens with zero attached hydrogens (tertiary/aromatic N) is 2. The number of carbonyl (C=O) groups is 1. The predicted octanol–water partition coefficient (Wildman–Crippen LogP) is 5.68. The fourth-order valence-electron chi connectivity index (χ4n) is 3.83. The molecule has 1 aliphatic heterocycles. The molecule has 4 rings (SSSR count). The summed E-state index contributed by atoms with van der Waals surface area (Å²) in [6.45, 7) is 2.76. The SMILES string of the molecule is CC(CC(=O)N1CCCCC1c1nc2ccccc2s1)c1cccc(F)c1. The fraction of sp³-hybridized carbons (Fsp3) is 0.364. The molecule has 0 bridgehead atoms. The van der Waals surface area contributed by atoms with E-state index in [1.807, 2.05) is 36.1 Å². The van der Waals surface area contributed by atoms with E-state index in [9.17, 15) is 9.18 Å². The molecule has 0 aliphatic carbocycles. The zero-order chi connectivity index (χ0) is 18.8. The lowest BCUT2D eigenvalue weighted by molar-refractivity contribution is -0.135. The highest BCUT2D eigenvalue weighted by atomic mass is 32.1. The molecule has 2 unspecified atom stereocenters. The molecule has 1 amide bonds. The van der Waals surface area contributed by atoms with Crippen molar-refractivity contribution in [3.8, 4) is 0 Å². The van der Waals surface area contributed by atoms with Crippen LogP contribution >= 0.6 is 11.3 Å². The largest absolute Gasteiger partial charge is 0.333 e. The monoisotopic (exact) mass is 382 g/mol. The highest BCUT2D eigenvalue weighted by molar-refractivity contribution is 7.18. The third kappa shape index (κ3) is 3.88. The van der Waals surface area contributed by atoms with E-state index in [2.05, 4.69) is 6.07 Å². The van der Waals surface area contributed by atoms with Gasteiger partial charge in [0.1, 0.15) is 10.8 Å². The quantitative estimate of drug-likeness (QED) is 0.581. The van der Waals surface area contributed by atoms with Crippen LogP contribution in [0.5, 0.6) is 0 Å². The minimum Gasteiger partial charge on any atom is -0.333 e. The molecule has 0 spiro atoms. The second kappa shape index (κ2) is 7.77. The van der Waals surface area contributed by atoms with Gasteiger partial charge in [0.15, 0.2) is 0 Å². The maximum atomic E-state index is 13.5. The minimum atomic E-state index is -0.253. The Bertz CT molecular complexity index is 921. The van der Waals surface area contributed by atoms with Crippen molar-refractivity contribution in [3.63, 3.8) is 0 Å². The maximum Gasteiger partial charge on any atom is 0.223 e. The van der Waals surface area contributed by atoms with Crippen molar-refractivity contribution in [2.24, 2.45) is 0 Å². The van der Waals surface area contributed by atoms with E-state index in [0.717, 1.165) is 41.9 Å². The maximum absolute atomic E-state index is 13.5. The van der Waals surface area contributed by atoms with Crippen LogP contribution in [0.2, 0.25) is 0 Å². The topological polar surface area (TPSA) is 33.2 Å². The number of rotatable bonds is 4. The summed E-state index contributed by atoms with van der Waals surface area (Å²) in [4.78, 5) is 19.9. The van der Waals surface area contributed by atoms with Crippen LogP contribution in [-0.4, -0.2) is 22.3 Å². The first-order chi connectivity index (χ1) is 13.1. The molecule has 3 aromatic rings. The summed E-state index contributed by atoms with van der Waals surface area (Å²) < 4.78 is 14.7. The van der Waals surface area contributed by atoms with Crippen molar-refractivity contribution >= 4 is 27.5 Å². The molecule has 2 atom stereocenters. The van der Waals surface area contributed by atoms with Crippen molar-refractivity contribution in [2.45, 2.75) is 44.6 Å².